The van der Waals surface area contributed by atoms with Crippen LogP contribution in [0.1, 0.15) is 12.5 Å². The topological polar surface area (TPSA) is 24.1 Å². The molecule has 2 rings (SSSR count). The fourth-order valence-electron chi connectivity index (χ4n) is 1.65. The molecule has 98 valence electrons. The van der Waals surface area contributed by atoms with Gasteiger partial charge in [0.05, 0.1) is 0 Å². The second kappa shape index (κ2) is 6.86. The van der Waals surface area contributed by atoms with E-state index in [1.54, 1.807) is 0 Å². The lowest BCUT2D eigenvalue weighted by Gasteiger charge is -2.11. The zero-order valence-electron chi connectivity index (χ0n) is 10.6. The van der Waals surface area contributed by atoms with Crippen molar-refractivity contribution in [2.45, 2.75) is 13.3 Å². The van der Waals surface area contributed by atoms with E-state index in [1.165, 1.54) is 9.13 Å². The standard InChI is InChI=1S/C15H15IN2S/c1-2-11-3-7-13(8-4-11)17-15(19)18-14-9-5-12(16)6-10-14/h3-10H,2H2,1H3,(H2,17,18,19). The third-order valence-electron chi connectivity index (χ3n) is 2.72. The SMILES string of the molecule is CCc1ccc(NC(=S)Nc2ccc(I)cc2)cc1. The van der Waals surface area contributed by atoms with Crippen molar-refractivity contribution in [1.29, 1.82) is 0 Å². The van der Waals surface area contributed by atoms with E-state index in [4.69, 9.17) is 12.2 Å². The van der Waals surface area contributed by atoms with Gasteiger partial charge in [0.15, 0.2) is 5.11 Å². The minimum absolute atomic E-state index is 0.602. The summed E-state index contributed by atoms with van der Waals surface area (Å²) < 4.78 is 1.21. The monoisotopic (exact) mass is 382 g/mol. The van der Waals surface area contributed by atoms with Crippen LogP contribution in [0.3, 0.4) is 0 Å². The highest BCUT2D eigenvalue weighted by atomic mass is 127. The molecule has 0 aliphatic carbocycles. The van der Waals surface area contributed by atoms with Crippen LogP contribution in [0.4, 0.5) is 11.4 Å². The quantitative estimate of drug-likeness (QED) is 0.596. The molecule has 0 heterocycles. The van der Waals surface area contributed by atoms with E-state index < -0.39 is 0 Å². The van der Waals surface area contributed by atoms with Crippen molar-refractivity contribution in [3.8, 4) is 0 Å². The molecule has 0 amide bonds. The molecule has 0 saturated carbocycles. The summed E-state index contributed by atoms with van der Waals surface area (Å²) in [5, 5.41) is 6.94. The number of halogens is 1. The van der Waals surface area contributed by atoms with E-state index in [2.05, 4.69) is 52.3 Å². The summed E-state index contributed by atoms with van der Waals surface area (Å²) in [5.41, 5.74) is 3.31. The molecule has 0 saturated heterocycles. The Morgan fingerprint density at radius 2 is 1.42 bits per heavy atom. The summed E-state index contributed by atoms with van der Waals surface area (Å²) in [4.78, 5) is 0. The van der Waals surface area contributed by atoms with Gasteiger partial charge in [-0.1, -0.05) is 19.1 Å². The third kappa shape index (κ3) is 4.47. The van der Waals surface area contributed by atoms with Crippen LogP contribution >= 0.6 is 34.8 Å². The van der Waals surface area contributed by atoms with Crippen molar-refractivity contribution in [2.75, 3.05) is 10.6 Å². The zero-order chi connectivity index (χ0) is 13.7. The molecule has 0 aliphatic heterocycles. The van der Waals surface area contributed by atoms with Crippen LogP contribution in [0.5, 0.6) is 0 Å². The van der Waals surface area contributed by atoms with E-state index in [0.717, 1.165) is 17.8 Å². The minimum atomic E-state index is 0.602. The first kappa shape index (κ1) is 14.3. The lowest BCUT2D eigenvalue weighted by atomic mass is 10.1. The molecule has 2 aromatic rings. The number of rotatable bonds is 3. The Balaban J connectivity index is 1.95. The first-order chi connectivity index (χ1) is 9.17. The van der Waals surface area contributed by atoms with Gasteiger partial charge in [0.25, 0.3) is 0 Å². The number of hydrogen-bond acceptors (Lipinski definition) is 1. The maximum absolute atomic E-state index is 5.29. The van der Waals surface area contributed by atoms with Gasteiger partial charge in [-0.05, 0) is 83.2 Å². The predicted molar refractivity (Wildman–Crippen MR) is 94.8 cm³/mol. The van der Waals surface area contributed by atoms with Crippen LogP contribution in [0, 0.1) is 3.57 Å². The highest BCUT2D eigenvalue weighted by Crippen LogP contribution is 2.13. The van der Waals surface area contributed by atoms with Crippen LogP contribution in [-0.2, 0) is 6.42 Å². The molecule has 0 radical (unpaired) electrons. The molecule has 19 heavy (non-hydrogen) atoms. The van der Waals surface area contributed by atoms with Gasteiger partial charge in [-0.3, -0.25) is 0 Å². The van der Waals surface area contributed by atoms with E-state index >= 15 is 0 Å². The van der Waals surface area contributed by atoms with E-state index in [-0.39, 0.29) is 0 Å². The molecule has 0 aliphatic rings. The zero-order valence-corrected chi connectivity index (χ0v) is 13.6. The maximum Gasteiger partial charge on any atom is 0.175 e. The molecule has 0 atom stereocenters. The summed E-state index contributed by atoms with van der Waals surface area (Å²) in [7, 11) is 0. The smallest absolute Gasteiger partial charge is 0.175 e. The second-order valence-electron chi connectivity index (χ2n) is 4.14. The van der Waals surface area contributed by atoms with Gasteiger partial charge in [-0.2, -0.15) is 0 Å². The fourth-order valence-corrected chi connectivity index (χ4v) is 2.25. The molecule has 0 aromatic heterocycles. The Labute approximate surface area is 132 Å². The number of hydrogen-bond donors (Lipinski definition) is 2. The van der Waals surface area contributed by atoms with Crippen LogP contribution in [0.25, 0.3) is 0 Å². The summed E-state index contributed by atoms with van der Waals surface area (Å²) in [6, 6.07) is 16.4. The molecular formula is C15H15IN2S. The van der Waals surface area contributed by atoms with Gasteiger partial charge >= 0.3 is 0 Å². The highest BCUT2D eigenvalue weighted by molar-refractivity contribution is 14.1. The summed E-state index contributed by atoms with van der Waals surface area (Å²) >= 11 is 7.57. The molecule has 2 aromatic carbocycles. The second-order valence-corrected chi connectivity index (χ2v) is 5.79. The average Bonchev–Trinajstić information content (AvgIpc) is 2.42. The predicted octanol–water partition coefficient (Wildman–Crippen LogP) is 4.66. The number of aryl methyl sites for hydroxylation is 1. The van der Waals surface area contributed by atoms with Crippen LogP contribution < -0.4 is 10.6 Å². The van der Waals surface area contributed by atoms with Gasteiger partial charge in [-0.25, -0.2) is 0 Å². The van der Waals surface area contributed by atoms with E-state index in [0.29, 0.717) is 5.11 Å². The van der Waals surface area contributed by atoms with Crippen molar-refractivity contribution in [3.63, 3.8) is 0 Å². The van der Waals surface area contributed by atoms with Crippen molar-refractivity contribution in [2.24, 2.45) is 0 Å². The Morgan fingerprint density at radius 3 is 1.89 bits per heavy atom. The Hall–Kier alpha value is -1.14. The van der Waals surface area contributed by atoms with Crippen molar-refractivity contribution in [3.05, 3.63) is 57.7 Å². The number of nitrogens with one attached hydrogen (secondary N) is 2. The third-order valence-corrected chi connectivity index (χ3v) is 3.65. The molecule has 2 nitrogen and oxygen atoms in total. The fraction of sp³-hybridized carbons (Fsp3) is 0.133. The van der Waals surface area contributed by atoms with Crippen molar-refractivity contribution < 1.29 is 0 Å². The number of thiocarbonyl (C=S) groups is 1. The molecule has 0 fully saturated rings. The molecule has 0 unspecified atom stereocenters. The molecule has 0 bridgehead atoms. The van der Waals surface area contributed by atoms with E-state index in [1.807, 2.05) is 36.4 Å². The van der Waals surface area contributed by atoms with Crippen molar-refractivity contribution in [1.82, 2.24) is 0 Å². The maximum atomic E-state index is 5.29. The summed E-state index contributed by atoms with van der Waals surface area (Å²) in [5.74, 6) is 0. The normalized spacial score (nSPS) is 10.0. The van der Waals surface area contributed by atoms with Crippen molar-refractivity contribution >= 4 is 51.3 Å². The van der Waals surface area contributed by atoms with Crippen LogP contribution in [0.15, 0.2) is 48.5 Å². The summed E-state index contributed by atoms with van der Waals surface area (Å²) in [6.07, 6.45) is 1.05. The Bertz CT molecular complexity index is 549. The van der Waals surface area contributed by atoms with Gasteiger partial charge in [0.1, 0.15) is 0 Å². The molecule has 4 heteroatoms. The molecule has 0 spiro atoms. The molecular weight excluding hydrogens is 367 g/mol. The number of anilines is 2. The Kier molecular flexibility index (Phi) is 5.15. The first-order valence-corrected chi connectivity index (χ1v) is 7.58. The lowest BCUT2D eigenvalue weighted by molar-refractivity contribution is 1.14. The lowest BCUT2D eigenvalue weighted by Crippen LogP contribution is -2.18. The first-order valence-electron chi connectivity index (χ1n) is 6.10. The number of benzene rings is 2. The summed E-state index contributed by atoms with van der Waals surface area (Å²) in [6.45, 7) is 2.14. The molecule has 2 N–H and O–H groups in total. The van der Waals surface area contributed by atoms with Crippen LogP contribution in [-0.4, -0.2) is 5.11 Å². The van der Waals surface area contributed by atoms with Gasteiger partial charge in [-0.15, -0.1) is 0 Å². The van der Waals surface area contributed by atoms with Gasteiger partial charge < -0.3 is 10.6 Å². The van der Waals surface area contributed by atoms with Gasteiger partial charge in [0.2, 0.25) is 0 Å². The van der Waals surface area contributed by atoms with E-state index in [9.17, 15) is 0 Å². The Morgan fingerprint density at radius 1 is 0.947 bits per heavy atom. The minimum Gasteiger partial charge on any atom is -0.332 e. The largest absolute Gasteiger partial charge is 0.332 e. The van der Waals surface area contributed by atoms with Gasteiger partial charge in [0, 0.05) is 14.9 Å². The highest BCUT2D eigenvalue weighted by Gasteiger charge is 1.99. The average molecular weight is 382 g/mol. The van der Waals surface area contributed by atoms with Crippen LogP contribution in [0.2, 0.25) is 0 Å².